The van der Waals surface area contributed by atoms with E-state index in [9.17, 15) is 18.0 Å². The molecule has 1 unspecified atom stereocenters. The van der Waals surface area contributed by atoms with Crippen LogP contribution in [0.15, 0.2) is 24.4 Å². The number of amides is 1. The van der Waals surface area contributed by atoms with Crippen LogP contribution in [0.3, 0.4) is 0 Å². The normalized spacial score (nSPS) is 13.0. The number of halogens is 4. The second kappa shape index (κ2) is 6.57. The highest BCUT2D eigenvalue weighted by atomic mass is 35.5. The lowest BCUT2D eigenvalue weighted by atomic mass is 10.1. The zero-order valence-corrected chi connectivity index (χ0v) is 13.1. The largest absolute Gasteiger partial charge is 0.433 e. The predicted octanol–water partition coefficient (Wildman–Crippen LogP) is 3.46. The van der Waals surface area contributed by atoms with Gasteiger partial charge in [-0.25, -0.2) is 4.98 Å². The highest BCUT2D eigenvalue weighted by Crippen LogP contribution is 2.31. The topological polar surface area (TPSA) is 59.8 Å². The van der Waals surface area contributed by atoms with Crippen molar-refractivity contribution in [1.82, 2.24) is 20.1 Å². The van der Waals surface area contributed by atoms with Gasteiger partial charge in [-0.1, -0.05) is 17.7 Å². The van der Waals surface area contributed by atoms with Crippen molar-refractivity contribution in [2.45, 2.75) is 32.6 Å². The summed E-state index contributed by atoms with van der Waals surface area (Å²) in [6.07, 6.45) is -2.91. The van der Waals surface area contributed by atoms with Gasteiger partial charge in [-0.2, -0.15) is 18.3 Å². The molecule has 0 bridgehead atoms. The zero-order chi connectivity index (χ0) is 17.2. The van der Waals surface area contributed by atoms with Crippen LogP contribution in [-0.2, 0) is 12.7 Å². The van der Waals surface area contributed by atoms with Gasteiger partial charge in [0, 0.05) is 18.3 Å². The number of nitrogens with one attached hydrogen (secondary N) is 1. The van der Waals surface area contributed by atoms with Gasteiger partial charge in [-0.05, 0) is 26.0 Å². The van der Waals surface area contributed by atoms with Crippen molar-refractivity contribution < 1.29 is 18.0 Å². The Morgan fingerprint density at radius 2 is 2.09 bits per heavy atom. The second-order valence-electron chi connectivity index (χ2n) is 4.83. The molecule has 2 heterocycles. The van der Waals surface area contributed by atoms with Gasteiger partial charge in [-0.15, -0.1) is 0 Å². The highest BCUT2D eigenvalue weighted by molar-refractivity contribution is 6.30. The molecule has 2 aromatic rings. The summed E-state index contributed by atoms with van der Waals surface area (Å²) in [6.45, 7) is 4.10. The lowest BCUT2D eigenvalue weighted by molar-refractivity contribution is -0.141. The average Bonchev–Trinajstić information content (AvgIpc) is 2.95. The van der Waals surface area contributed by atoms with E-state index in [-0.39, 0.29) is 10.8 Å². The molecule has 23 heavy (non-hydrogen) atoms. The molecule has 0 saturated heterocycles. The molecule has 2 aromatic heterocycles. The fourth-order valence-corrected chi connectivity index (χ4v) is 2.25. The van der Waals surface area contributed by atoms with Gasteiger partial charge in [0.15, 0.2) is 0 Å². The summed E-state index contributed by atoms with van der Waals surface area (Å²) in [5, 5.41) is 6.38. The van der Waals surface area contributed by atoms with Crippen molar-refractivity contribution in [2.75, 3.05) is 0 Å². The van der Waals surface area contributed by atoms with Gasteiger partial charge in [-0.3, -0.25) is 9.48 Å². The summed E-state index contributed by atoms with van der Waals surface area (Å²) in [4.78, 5) is 15.4. The average molecular weight is 347 g/mol. The first kappa shape index (κ1) is 17.3. The third kappa shape index (κ3) is 4.01. The van der Waals surface area contributed by atoms with Crippen LogP contribution in [-0.4, -0.2) is 20.7 Å². The molecule has 5 nitrogen and oxygen atoms in total. The van der Waals surface area contributed by atoms with E-state index >= 15 is 0 Å². The van der Waals surface area contributed by atoms with E-state index < -0.39 is 23.8 Å². The lowest BCUT2D eigenvalue weighted by Crippen LogP contribution is -2.27. The Hall–Kier alpha value is -2.09. The number of alkyl halides is 3. The summed E-state index contributed by atoms with van der Waals surface area (Å²) in [6, 6.07) is 2.97. The van der Waals surface area contributed by atoms with Gasteiger partial charge < -0.3 is 5.32 Å². The van der Waals surface area contributed by atoms with E-state index in [1.807, 2.05) is 6.92 Å². The van der Waals surface area contributed by atoms with Crippen molar-refractivity contribution in [3.05, 3.63) is 46.5 Å². The summed E-state index contributed by atoms with van der Waals surface area (Å²) in [5.41, 5.74) is -0.566. The monoisotopic (exact) mass is 346 g/mol. The van der Waals surface area contributed by atoms with Crippen LogP contribution in [0, 0.1) is 0 Å². The van der Waals surface area contributed by atoms with Crippen LogP contribution in [0.1, 0.15) is 41.6 Å². The minimum Gasteiger partial charge on any atom is -0.344 e. The van der Waals surface area contributed by atoms with Crippen molar-refractivity contribution in [3.63, 3.8) is 0 Å². The maximum Gasteiger partial charge on any atom is 0.433 e. The first-order valence-electron chi connectivity index (χ1n) is 6.80. The van der Waals surface area contributed by atoms with Crippen LogP contribution < -0.4 is 5.32 Å². The first-order chi connectivity index (χ1) is 10.7. The molecule has 2 rings (SSSR count). The number of aromatic nitrogens is 3. The highest BCUT2D eigenvalue weighted by Gasteiger charge is 2.33. The Morgan fingerprint density at radius 3 is 2.61 bits per heavy atom. The maximum absolute atomic E-state index is 12.6. The summed E-state index contributed by atoms with van der Waals surface area (Å²) < 4.78 is 39.3. The molecule has 0 aliphatic carbocycles. The summed E-state index contributed by atoms with van der Waals surface area (Å²) in [5.74, 6) is -0.444. The fourth-order valence-electron chi connectivity index (χ4n) is 1.93. The van der Waals surface area contributed by atoms with E-state index in [2.05, 4.69) is 15.4 Å². The Balaban J connectivity index is 2.14. The Labute approximate surface area is 135 Å². The van der Waals surface area contributed by atoms with Crippen LogP contribution in [0.2, 0.25) is 5.15 Å². The van der Waals surface area contributed by atoms with Gasteiger partial charge in [0.2, 0.25) is 0 Å². The number of carbonyl (C=O) groups is 1. The third-order valence-corrected chi connectivity index (χ3v) is 3.48. The van der Waals surface area contributed by atoms with Crippen LogP contribution in [0.4, 0.5) is 13.2 Å². The van der Waals surface area contributed by atoms with Gasteiger partial charge in [0.1, 0.15) is 16.5 Å². The SMILES string of the molecule is CCn1ccc(C(=O)NC(C)c2ccc(C(F)(F)F)nc2Cl)n1. The van der Waals surface area contributed by atoms with E-state index in [1.165, 1.54) is 6.07 Å². The minimum atomic E-state index is -4.57. The smallest absolute Gasteiger partial charge is 0.344 e. The van der Waals surface area contributed by atoms with Gasteiger partial charge in [0.05, 0.1) is 6.04 Å². The number of nitrogens with zero attached hydrogens (tertiary/aromatic N) is 3. The molecule has 0 spiro atoms. The van der Waals surface area contributed by atoms with Crippen LogP contribution in [0.25, 0.3) is 0 Å². The molecule has 0 aromatic carbocycles. The zero-order valence-electron chi connectivity index (χ0n) is 12.4. The molecule has 124 valence electrons. The van der Waals surface area contributed by atoms with Gasteiger partial charge >= 0.3 is 6.18 Å². The van der Waals surface area contributed by atoms with Crippen molar-refractivity contribution in [2.24, 2.45) is 0 Å². The second-order valence-corrected chi connectivity index (χ2v) is 5.18. The number of aryl methyl sites for hydroxylation is 1. The molecule has 0 saturated carbocycles. The standard InChI is InChI=1S/C14H14ClF3N4O/c1-3-22-7-6-10(21-22)13(23)19-8(2)9-4-5-11(14(16,17)18)20-12(9)15/h4-8H,3H2,1-2H3,(H,19,23). The summed E-state index contributed by atoms with van der Waals surface area (Å²) in [7, 11) is 0. The lowest BCUT2D eigenvalue weighted by Gasteiger charge is -2.16. The van der Waals surface area contributed by atoms with Gasteiger partial charge in [0.25, 0.3) is 5.91 Å². The predicted molar refractivity (Wildman–Crippen MR) is 78.0 cm³/mol. The van der Waals surface area contributed by atoms with E-state index in [0.29, 0.717) is 12.1 Å². The first-order valence-corrected chi connectivity index (χ1v) is 7.18. The summed E-state index contributed by atoms with van der Waals surface area (Å²) >= 11 is 5.80. The number of hydrogen-bond donors (Lipinski definition) is 1. The van der Waals surface area contributed by atoms with Crippen LogP contribution in [0.5, 0.6) is 0 Å². The van der Waals surface area contributed by atoms with Crippen LogP contribution >= 0.6 is 11.6 Å². The Morgan fingerprint density at radius 1 is 1.39 bits per heavy atom. The molecule has 1 amide bonds. The maximum atomic E-state index is 12.6. The molecule has 0 aliphatic rings. The Kier molecular flexibility index (Phi) is 4.93. The van der Waals surface area contributed by atoms with E-state index in [0.717, 1.165) is 6.07 Å². The molecule has 9 heteroatoms. The molecular formula is C14H14ClF3N4O. The number of rotatable bonds is 4. The van der Waals surface area contributed by atoms with Crippen molar-refractivity contribution >= 4 is 17.5 Å². The number of hydrogen-bond acceptors (Lipinski definition) is 3. The van der Waals surface area contributed by atoms with Crippen molar-refractivity contribution in [3.8, 4) is 0 Å². The number of carbonyl (C=O) groups excluding carboxylic acids is 1. The molecular weight excluding hydrogens is 333 g/mol. The molecule has 0 fully saturated rings. The quantitative estimate of drug-likeness (QED) is 0.862. The minimum absolute atomic E-state index is 0.217. The van der Waals surface area contributed by atoms with E-state index in [4.69, 9.17) is 11.6 Å². The fraction of sp³-hybridized carbons (Fsp3) is 0.357. The van der Waals surface area contributed by atoms with Crippen molar-refractivity contribution in [1.29, 1.82) is 0 Å². The number of pyridine rings is 1. The van der Waals surface area contributed by atoms with E-state index in [1.54, 1.807) is 23.9 Å². The third-order valence-electron chi connectivity index (χ3n) is 3.18. The molecule has 1 N–H and O–H groups in total. The Bertz CT molecular complexity index is 714. The molecule has 1 atom stereocenters. The molecule has 0 radical (unpaired) electrons. The molecule has 0 aliphatic heterocycles.